The normalized spacial score (nSPS) is 30.6. The number of rotatable bonds is 4. The molecule has 2 rings (SSSR count). The van der Waals surface area contributed by atoms with Crippen molar-refractivity contribution < 1.29 is 9.59 Å². The topological polar surface area (TPSA) is 72.2 Å². The number of nitrogens with two attached hydrogens (primary N) is 1. The summed E-state index contributed by atoms with van der Waals surface area (Å²) in [7, 11) is 0. The number of nitrogens with one attached hydrogen (secondary N) is 1. The molecule has 3 N–H and O–H groups in total. The van der Waals surface area contributed by atoms with E-state index in [1.807, 2.05) is 6.92 Å². The minimum absolute atomic E-state index is 0.0325. The molecule has 3 unspecified atom stereocenters. The van der Waals surface area contributed by atoms with Crippen LogP contribution in [0.15, 0.2) is 0 Å². The Morgan fingerprint density at radius 2 is 1.82 bits per heavy atom. The summed E-state index contributed by atoms with van der Waals surface area (Å²) in [5.41, 5.74) is 5.39. The van der Waals surface area contributed by atoms with Gasteiger partial charge in [0.25, 0.3) is 0 Å². The van der Waals surface area contributed by atoms with Gasteiger partial charge >= 0.3 is 0 Å². The third kappa shape index (κ3) is 2.99. The molecule has 96 valence electrons. The third-order valence-corrected chi connectivity index (χ3v) is 4.20. The van der Waals surface area contributed by atoms with Gasteiger partial charge in [-0.25, -0.2) is 0 Å². The monoisotopic (exact) mass is 238 g/mol. The number of primary amides is 1. The highest BCUT2D eigenvalue weighted by Crippen LogP contribution is 2.37. The van der Waals surface area contributed by atoms with E-state index in [0.717, 1.165) is 25.7 Å². The lowest BCUT2D eigenvalue weighted by Gasteiger charge is -2.30. The molecular formula is C13H22N2O2. The maximum absolute atomic E-state index is 12.0. The van der Waals surface area contributed by atoms with Gasteiger partial charge in [-0.1, -0.05) is 19.8 Å². The van der Waals surface area contributed by atoms with E-state index in [1.165, 1.54) is 12.8 Å². The molecule has 17 heavy (non-hydrogen) atoms. The molecule has 3 atom stereocenters. The minimum atomic E-state index is -0.269. The molecule has 0 saturated heterocycles. The fourth-order valence-electron chi connectivity index (χ4n) is 2.77. The molecule has 2 saturated carbocycles. The molecule has 2 aliphatic rings. The second-order valence-electron chi connectivity index (χ2n) is 5.53. The lowest BCUT2D eigenvalue weighted by molar-refractivity contribution is -0.128. The van der Waals surface area contributed by atoms with Crippen molar-refractivity contribution in [1.29, 1.82) is 0 Å². The smallest absolute Gasteiger partial charge is 0.223 e. The van der Waals surface area contributed by atoms with Crippen molar-refractivity contribution in [3.8, 4) is 0 Å². The zero-order chi connectivity index (χ0) is 12.4. The second-order valence-corrected chi connectivity index (χ2v) is 5.53. The van der Waals surface area contributed by atoms with Gasteiger partial charge in [0.15, 0.2) is 0 Å². The fraction of sp³-hybridized carbons (Fsp3) is 0.846. The molecule has 4 nitrogen and oxygen atoms in total. The van der Waals surface area contributed by atoms with Gasteiger partial charge in [-0.3, -0.25) is 9.59 Å². The molecule has 0 radical (unpaired) electrons. The highest BCUT2D eigenvalue weighted by atomic mass is 16.2. The molecular weight excluding hydrogens is 216 g/mol. The van der Waals surface area contributed by atoms with Crippen molar-refractivity contribution in [3.63, 3.8) is 0 Å². The van der Waals surface area contributed by atoms with Gasteiger partial charge in [0.2, 0.25) is 11.8 Å². The molecule has 0 aromatic carbocycles. The summed E-state index contributed by atoms with van der Waals surface area (Å²) in [4.78, 5) is 23.3. The lowest BCUT2D eigenvalue weighted by atomic mass is 9.83. The standard InChI is InChI=1S/C13H22N2O2/c1-8(9-6-7-9)13(17)15-11-5-3-2-4-10(11)12(14)16/h8-11H,2-7H2,1H3,(H2,14,16)(H,15,17). The fourth-order valence-corrected chi connectivity index (χ4v) is 2.77. The van der Waals surface area contributed by atoms with E-state index in [9.17, 15) is 9.59 Å². The van der Waals surface area contributed by atoms with Crippen LogP contribution in [0.2, 0.25) is 0 Å². The summed E-state index contributed by atoms with van der Waals surface area (Å²) < 4.78 is 0. The summed E-state index contributed by atoms with van der Waals surface area (Å²) in [5.74, 6) is 0.315. The van der Waals surface area contributed by atoms with E-state index in [-0.39, 0.29) is 29.7 Å². The maximum Gasteiger partial charge on any atom is 0.223 e. The molecule has 2 fully saturated rings. The van der Waals surface area contributed by atoms with Crippen molar-refractivity contribution in [1.82, 2.24) is 5.32 Å². The van der Waals surface area contributed by atoms with Crippen molar-refractivity contribution >= 4 is 11.8 Å². The molecule has 0 aromatic heterocycles. The van der Waals surface area contributed by atoms with Crippen molar-refractivity contribution in [3.05, 3.63) is 0 Å². The van der Waals surface area contributed by atoms with Crippen molar-refractivity contribution in [2.75, 3.05) is 0 Å². The van der Waals surface area contributed by atoms with Gasteiger partial charge in [0.1, 0.15) is 0 Å². The third-order valence-electron chi connectivity index (χ3n) is 4.20. The number of hydrogen-bond donors (Lipinski definition) is 2. The molecule has 4 heteroatoms. The number of amides is 2. The molecule has 0 bridgehead atoms. The van der Waals surface area contributed by atoms with Crippen LogP contribution < -0.4 is 11.1 Å². The second kappa shape index (κ2) is 5.07. The Bertz CT molecular complexity index is 313. The zero-order valence-corrected chi connectivity index (χ0v) is 10.4. The number of carbonyl (C=O) groups is 2. The van der Waals surface area contributed by atoms with Gasteiger partial charge < -0.3 is 11.1 Å². The Morgan fingerprint density at radius 1 is 1.18 bits per heavy atom. The van der Waals surface area contributed by atoms with Crippen LogP contribution >= 0.6 is 0 Å². The van der Waals surface area contributed by atoms with Gasteiger partial charge in [-0.2, -0.15) is 0 Å². The average Bonchev–Trinajstić information content (AvgIpc) is 3.12. The SMILES string of the molecule is CC(C(=O)NC1CCCCC1C(N)=O)C1CC1. The highest BCUT2D eigenvalue weighted by molar-refractivity contribution is 5.82. The Hall–Kier alpha value is -1.06. The predicted octanol–water partition coefficient (Wildman–Crippen LogP) is 1.19. The first-order valence-electron chi connectivity index (χ1n) is 6.69. The first-order chi connectivity index (χ1) is 8.09. The largest absolute Gasteiger partial charge is 0.369 e. The Morgan fingerprint density at radius 3 is 2.41 bits per heavy atom. The Labute approximate surface area is 102 Å². The van der Waals surface area contributed by atoms with Crippen LogP contribution in [-0.2, 0) is 9.59 Å². The summed E-state index contributed by atoms with van der Waals surface area (Å²) in [6, 6.07) is -0.0325. The van der Waals surface area contributed by atoms with Crippen LogP contribution in [0, 0.1) is 17.8 Å². The molecule has 0 aliphatic heterocycles. The Balaban J connectivity index is 1.90. The van der Waals surface area contributed by atoms with Crippen molar-refractivity contribution in [2.24, 2.45) is 23.5 Å². The average molecular weight is 238 g/mol. The molecule has 0 spiro atoms. The number of carbonyl (C=O) groups excluding carboxylic acids is 2. The van der Waals surface area contributed by atoms with Crippen molar-refractivity contribution in [2.45, 2.75) is 51.5 Å². The summed E-state index contributed by atoms with van der Waals surface area (Å²) in [6.45, 7) is 1.98. The summed E-state index contributed by atoms with van der Waals surface area (Å²) >= 11 is 0. The van der Waals surface area contributed by atoms with Crippen LogP contribution in [0.4, 0.5) is 0 Å². The molecule has 0 heterocycles. The predicted molar refractivity (Wildman–Crippen MR) is 65.0 cm³/mol. The quantitative estimate of drug-likeness (QED) is 0.772. The van der Waals surface area contributed by atoms with Crippen LogP contribution in [-0.4, -0.2) is 17.9 Å². The number of hydrogen-bond acceptors (Lipinski definition) is 2. The molecule has 2 amide bonds. The molecule has 2 aliphatic carbocycles. The van der Waals surface area contributed by atoms with Gasteiger partial charge in [0.05, 0.1) is 5.92 Å². The lowest BCUT2D eigenvalue weighted by Crippen LogP contribution is -2.48. The van der Waals surface area contributed by atoms with E-state index in [4.69, 9.17) is 5.73 Å². The van der Waals surface area contributed by atoms with E-state index in [1.54, 1.807) is 0 Å². The first kappa shape index (κ1) is 12.4. The zero-order valence-electron chi connectivity index (χ0n) is 10.4. The van der Waals surface area contributed by atoms with Gasteiger partial charge in [0, 0.05) is 12.0 Å². The molecule has 0 aromatic rings. The summed E-state index contributed by atoms with van der Waals surface area (Å²) in [6.07, 6.45) is 6.15. The Kier molecular flexibility index (Phi) is 3.69. The maximum atomic E-state index is 12.0. The van der Waals surface area contributed by atoms with E-state index in [0.29, 0.717) is 5.92 Å². The van der Waals surface area contributed by atoms with Crippen LogP contribution in [0.25, 0.3) is 0 Å². The van der Waals surface area contributed by atoms with E-state index in [2.05, 4.69) is 5.32 Å². The first-order valence-corrected chi connectivity index (χ1v) is 6.69. The minimum Gasteiger partial charge on any atom is -0.369 e. The summed E-state index contributed by atoms with van der Waals surface area (Å²) in [5, 5.41) is 3.03. The highest BCUT2D eigenvalue weighted by Gasteiger charge is 2.36. The van der Waals surface area contributed by atoms with Crippen LogP contribution in [0.5, 0.6) is 0 Å². The van der Waals surface area contributed by atoms with Gasteiger partial charge in [-0.05, 0) is 31.6 Å². The van der Waals surface area contributed by atoms with Crippen LogP contribution in [0.1, 0.15) is 45.4 Å². The van der Waals surface area contributed by atoms with Crippen LogP contribution in [0.3, 0.4) is 0 Å². The van der Waals surface area contributed by atoms with E-state index >= 15 is 0 Å². The van der Waals surface area contributed by atoms with E-state index < -0.39 is 0 Å². The van der Waals surface area contributed by atoms with Gasteiger partial charge in [-0.15, -0.1) is 0 Å².